The molecule has 0 saturated heterocycles. The highest BCUT2D eigenvalue weighted by atomic mass is 79.9. The Bertz CT molecular complexity index is 450. The highest BCUT2D eigenvalue weighted by molar-refractivity contribution is 9.10. The van der Waals surface area contributed by atoms with Crippen LogP contribution in [0.1, 0.15) is 17.2 Å². The fraction of sp³-hybridized carbons (Fsp3) is 0.167. The third-order valence-corrected chi connectivity index (χ3v) is 3.10. The first-order valence-corrected chi connectivity index (χ1v) is 5.68. The van der Waals surface area contributed by atoms with Crippen LogP contribution in [-0.4, -0.2) is 0 Å². The number of benzene rings is 1. The molecule has 0 fully saturated rings. The molecule has 0 aliphatic carbocycles. The molecule has 2 N–H and O–H groups in total. The molecule has 1 unspecified atom stereocenters. The first kappa shape index (κ1) is 11.4. The Morgan fingerprint density at radius 2 is 2.19 bits per heavy atom. The van der Waals surface area contributed by atoms with Crippen molar-refractivity contribution >= 4 is 15.9 Å². The van der Waals surface area contributed by atoms with Crippen molar-refractivity contribution in [3.63, 3.8) is 0 Å². The second-order valence-electron chi connectivity index (χ2n) is 3.58. The van der Waals surface area contributed by atoms with Gasteiger partial charge >= 0.3 is 0 Å². The molecule has 2 nitrogen and oxygen atoms in total. The Labute approximate surface area is 101 Å². The van der Waals surface area contributed by atoms with Gasteiger partial charge in [-0.15, -0.1) is 0 Å². The van der Waals surface area contributed by atoms with Gasteiger partial charge < -0.3 is 10.2 Å². The highest BCUT2D eigenvalue weighted by Gasteiger charge is 2.15. The summed E-state index contributed by atoms with van der Waals surface area (Å²) >= 11 is 3.31. The lowest BCUT2D eigenvalue weighted by Gasteiger charge is -2.13. The lowest BCUT2D eigenvalue weighted by Crippen LogP contribution is -2.15. The van der Waals surface area contributed by atoms with E-state index in [-0.39, 0.29) is 11.9 Å². The zero-order valence-electron chi connectivity index (χ0n) is 8.49. The maximum atomic E-state index is 13.6. The van der Waals surface area contributed by atoms with Gasteiger partial charge in [-0.05, 0) is 30.2 Å². The Balaban J connectivity index is 2.24. The maximum absolute atomic E-state index is 13.6. The lowest BCUT2D eigenvalue weighted by molar-refractivity contribution is 0.555. The minimum atomic E-state index is -0.381. The van der Waals surface area contributed by atoms with E-state index in [1.807, 2.05) is 6.07 Å². The average Bonchev–Trinajstić information content (AvgIpc) is 2.70. The molecule has 0 spiro atoms. The van der Waals surface area contributed by atoms with Gasteiger partial charge in [0.1, 0.15) is 5.82 Å². The predicted molar refractivity (Wildman–Crippen MR) is 63.4 cm³/mol. The summed E-state index contributed by atoms with van der Waals surface area (Å²) in [5.74, 6) is -0.287. The summed E-state index contributed by atoms with van der Waals surface area (Å²) in [7, 11) is 0. The van der Waals surface area contributed by atoms with E-state index in [0.717, 1.165) is 5.56 Å². The Morgan fingerprint density at radius 3 is 2.81 bits per heavy atom. The molecule has 2 aromatic rings. The van der Waals surface area contributed by atoms with Crippen molar-refractivity contribution in [2.75, 3.05) is 0 Å². The number of rotatable bonds is 3. The van der Waals surface area contributed by atoms with Gasteiger partial charge in [-0.1, -0.05) is 22.0 Å². The number of halogens is 2. The van der Waals surface area contributed by atoms with Crippen LogP contribution in [0.3, 0.4) is 0 Å². The summed E-state index contributed by atoms with van der Waals surface area (Å²) in [5.41, 5.74) is 7.44. The van der Waals surface area contributed by atoms with Gasteiger partial charge in [0.15, 0.2) is 0 Å². The third-order valence-electron chi connectivity index (χ3n) is 2.41. The van der Waals surface area contributed by atoms with Crippen LogP contribution in [0.15, 0.2) is 45.7 Å². The first-order chi connectivity index (χ1) is 7.68. The molecule has 0 aliphatic heterocycles. The summed E-state index contributed by atoms with van der Waals surface area (Å²) in [6.45, 7) is 0. The highest BCUT2D eigenvalue weighted by Crippen LogP contribution is 2.27. The molecule has 0 saturated carbocycles. The normalized spacial score (nSPS) is 12.7. The van der Waals surface area contributed by atoms with Gasteiger partial charge in [0.05, 0.1) is 12.5 Å². The fourth-order valence-electron chi connectivity index (χ4n) is 1.63. The summed E-state index contributed by atoms with van der Waals surface area (Å²) in [6.07, 6.45) is 3.75. The quantitative estimate of drug-likeness (QED) is 0.938. The van der Waals surface area contributed by atoms with E-state index in [0.29, 0.717) is 16.5 Å². The van der Waals surface area contributed by atoms with Gasteiger partial charge in [0.25, 0.3) is 0 Å². The first-order valence-electron chi connectivity index (χ1n) is 4.89. The topological polar surface area (TPSA) is 39.2 Å². The van der Waals surface area contributed by atoms with Crippen LogP contribution in [0.25, 0.3) is 0 Å². The lowest BCUT2D eigenvalue weighted by atomic mass is 10.0. The molecule has 0 amide bonds. The maximum Gasteiger partial charge on any atom is 0.129 e. The second kappa shape index (κ2) is 4.80. The smallest absolute Gasteiger partial charge is 0.129 e. The molecular weight excluding hydrogens is 273 g/mol. The third kappa shape index (κ3) is 2.33. The zero-order chi connectivity index (χ0) is 11.5. The van der Waals surface area contributed by atoms with Gasteiger partial charge in [-0.25, -0.2) is 4.39 Å². The summed E-state index contributed by atoms with van der Waals surface area (Å²) in [4.78, 5) is 0. The van der Waals surface area contributed by atoms with E-state index in [1.165, 1.54) is 6.07 Å². The number of hydrogen-bond donors (Lipinski definition) is 1. The van der Waals surface area contributed by atoms with Gasteiger partial charge in [0, 0.05) is 16.1 Å². The van der Waals surface area contributed by atoms with Crippen LogP contribution in [-0.2, 0) is 6.42 Å². The van der Waals surface area contributed by atoms with E-state index in [9.17, 15) is 4.39 Å². The molecule has 0 radical (unpaired) electrons. The van der Waals surface area contributed by atoms with Crippen molar-refractivity contribution in [1.29, 1.82) is 0 Å². The molecule has 84 valence electrons. The van der Waals surface area contributed by atoms with E-state index in [4.69, 9.17) is 10.2 Å². The van der Waals surface area contributed by atoms with Crippen LogP contribution in [0.4, 0.5) is 4.39 Å². The number of nitrogens with two attached hydrogens (primary N) is 1. The van der Waals surface area contributed by atoms with Gasteiger partial charge in [0.2, 0.25) is 0 Å². The van der Waals surface area contributed by atoms with Crippen LogP contribution in [0.5, 0.6) is 0 Å². The molecule has 4 heteroatoms. The van der Waals surface area contributed by atoms with Crippen molar-refractivity contribution in [3.05, 3.63) is 58.2 Å². The molecule has 16 heavy (non-hydrogen) atoms. The van der Waals surface area contributed by atoms with Gasteiger partial charge in [-0.2, -0.15) is 0 Å². The van der Waals surface area contributed by atoms with Gasteiger partial charge in [-0.3, -0.25) is 0 Å². The Kier molecular flexibility index (Phi) is 3.41. The van der Waals surface area contributed by atoms with Crippen molar-refractivity contribution < 1.29 is 8.81 Å². The van der Waals surface area contributed by atoms with Crippen LogP contribution in [0, 0.1) is 5.82 Å². The van der Waals surface area contributed by atoms with Crippen molar-refractivity contribution in [3.8, 4) is 0 Å². The summed E-state index contributed by atoms with van der Waals surface area (Å²) in [5, 5.41) is 0. The fourth-order valence-corrected chi connectivity index (χ4v) is 2.27. The average molecular weight is 284 g/mol. The van der Waals surface area contributed by atoms with E-state index < -0.39 is 0 Å². The minimum absolute atomic E-state index is 0.287. The monoisotopic (exact) mass is 283 g/mol. The number of hydrogen-bond acceptors (Lipinski definition) is 2. The summed E-state index contributed by atoms with van der Waals surface area (Å²) in [6, 6.07) is 6.29. The van der Waals surface area contributed by atoms with E-state index in [1.54, 1.807) is 24.7 Å². The van der Waals surface area contributed by atoms with Crippen LogP contribution >= 0.6 is 15.9 Å². The predicted octanol–water partition coefficient (Wildman–Crippen LogP) is 3.42. The molecule has 2 rings (SSSR count). The standard InChI is InChI=1S/C12H11BrFNO/c13-9-2-1-3-10(14)12(9)11(15)6-8-4-5-16-7-8/h1-5,7,11H,6,15H2. The van der Waals surface area contributed by atoms with Crippen LogP contribution in [0.2, 0.25) is 0 Å². The Morgan fingerprint density at radius 1 is 1.38 bits per heavy atom. The Hall–Kier alpha value is -1.13. The van der Waals surface area contributed by atoms with E-state index >= 15 is 0 Å². The molecular formula is C12H11BrFNO. The van der Waals surface area contributed by atoms with Crippen molar-refractivity contribution in [1.82, 2.24) is 0 Å². The summed E-state index contributed by atoms with van der Waals surface area (Å²) < 4.78 is 19.2. The molecule has 1 aromatic heterocycles. The minimum Gasteiger partial charge on any atom is -0.472 e. The van der Waals surface area contributed by atoms with E-state index in [2.05, 4.69) is 15.9 Å². The van der Waals surface area contributed by atoms with Crippen LogP contribution < -0.4 is 5.73 Å². The van der Waals surface area contributed by atoms with Crippen molar-refractivity contribution in [2.45, 2.75) is 12.5 Å². The molecule has 1 heterocycles. The molecule has 0 bridgehead atoms. The SMILES string of the molecule is NC(Cc1ccoc1)c1c(F)cccc1Br. The molecule has 0 aliphatic rings. The zero-order valence-corrected chi connectivity index (χ0v) is 10.1. The molecule has 1 aromatic carbocycles. The number of furan rings is 1. The van der Waals surface area contributed by atoms with Crippen molar-refractivity contribution in [2.24, 2.45) is 5.73 Å². The second-order valence-corrected chi connectivity index (χ2v) is 4.43. The molecule has 1 atom stereocenters. The largest absolute Gasteiger partial charge is 0.472 e.